The van der Waals surface area contributed by atoms with E-state index < -0.39 is 0 Å². The summed E-state index contributed by atoms with van der Waals surface area (Å²) in [5.41, 5.74) is 1.27. The summed E-state index contributed by atoms with van der Waals surface area (Å²) in [6, 6.07) is 5.30. The largest absolute Gasteiger partial charge is 0.494 e. The van der Waals surface area contributed by atoms with Crippen LogP contribution in [0.5, 0.6) is 5.75 Å². The van der Waals surface area contributed by atoms with Gasteiger partial charge >= 0.3 is 0 Å². The molecule has 0 unspecified atom stereocenters. The number of hydrogen-bond donors (Lipinski definition) is 0. The minimum atomic E-state index is -0.309. The smallest absolute Gasteiger partial charge is 0.272 e. The maximum absolute atomic E-state index is 11.5. The molecule has 2 rings (SSSR count). The highest BCUT2D eigenvalue weighted by Gasteiger charge is 2.09. The first-order valence-corrected chi connectivity index (χ1v) is 4.91. The molecule has 0 N–H and O–H groups in total. The van der Waals surface area contributed by atoms with Gasteiger partial charge in [0, 0.05) is 6.07 Å². The van der Waals surface area contributed by atoms with Gasteiger partial charge < -0.3 is 4.74 Å². The normalized spacial score (nSPS) is 10.3. The van der Waals surface area contributed by atoms with Gasteiger partial charge in [-0.25, -0.2) is 0 Å². The maximum Gasteiger partial charge on any atom is 0.272 e. The molecule has 0 aliphatic carbocycles. The molecule has 0 saturated carbocycles. The quantitative estimate of drug-likeness (QED) is 0.733. The van der Waals surface area contributed by atoms with Crippen LogP contribution < -0.4 is 4.74 Å². The van der Waals surface area contributed by atoms with E-state index in [1.807, 2.05) is 6.92 Å². The number of nitrogens with zero attached hydrogens (tertiary/aromatic N) is 3. The van der Waals surface area contributed by atoms with E-state index in [-0.39, 0.29) is 5.91 Å². The molecule has 0 radical (unpaired) electrons. The Morgan fingerprint density at radius 3 is 3.12 bits per heavy atom. The monoisotopic (exact) mass is 217 g/mol. The van der Waals surface area contributed by atoms with Crippen molar-refractivity contribution in [2.45, 2.75) is 6.92 Å². The molecule has 0 aliphatic heterocycles. The zero-order valence-corrected chi connectivity index (χ0v) is 8.88. The Kier molecular flexibility index (Phi) is 2.68. The van der Waals surface area contributed by atoms with E-state index in [2.05, 4.69) is 16.9 Å². The van der Waals surface area contributed by atoms with Crippen molar-refractivity contribution in [3.8, 4) is 5.75 Å². The Hall–Kier alpha value is -2.17. The minimum absolute atomic E-state index is 0.309. The van der Waals surface area contributed by atoms with Gasteiger partial charge in [-0.05, 0) is 25.1 Å². The van der Waals surface area contributed by atoms with Crippen LogP contribution in [-0.2, 0) is 0 Å². The molecule has 0 atom stereocenters. The number of rotatable bonds is 3. The second kappa shape index (κ2) is 4.14. The van der Waals surface area contributed by atoms with Crippen LogP contribution in [0.4, 0.5) is 0 Å². The third-order valence-corrected chi connectivity index (χ3v) is 2.11. The summed E-state index contributed by atoms with van der Waals surface area (Å²) in [4.78, 5) is 11.5. The topological polar surface area (TPSA) is 57.0 Å². The third-order valence-electron chi connectivity index (χ3n) is 2.11. The number of carbonyl (C=O) groups excluding carboxylic acids is 1. The lowest BCUT2D eigenvalue weighted by Crippen LogP contribution is -2.08. The second-order valence-electron chi connectivity index (χ2n) is 3.13. The van der Waals surface area contributed by atoms with Gasteiger partial charge in [-0.2, -0.15) is 4.68 Å². The van der Waals surface area contributed by atoms with Crippen LogP contribution in [0.25, 0.3) is 11.0 Å². The summed E-state index contributed by atoms with van der Waals surface area (Å²) in [7, 11) is 0. The average molecular weight is 217 g/mol. The third kappa shape index (κ3) is 1.67. The van der Waals surface area contributed by atoms with E-state index in [4.69, 9.17) is 4.74 Å². The van der Waals surface area contributed by atoms with Crippen molar-refractivity contribution < 1.29 is 9.53 Å². The minimum Gasteiger partial charge on any atom is -0.494 e. The van der Waals surface area contributed by atoms with Crippen LogP contribution in [0, 0.1) is 0 Å². The molecule has 1 aromatic heterocycles. The fraction of sp³-hybridized carbons (Fsp3) is 0.182. The van der Waals surface area contributed by atoms with Crippen molar-refractivity contribution in [2.75, 3.05) is 6.61 Å². The first kappa shape index (κ1) is 10.4. The molecule has 0 fully saturated rings. The predicted molar refractivity (Wildman–Crippen MR) is 59.5 cm³/mol. The van der Waals surface area contributed by atoms with Crippen LogP contribution >= 0.6 is 0 Å². The zero-order chi connectivity index (χ0) is 11.5. The molecule has 0 aliphatic rings. The summed E-state index contributed by atoms with van der Waals surface area (Å²) >= 11 is 0. The fourth-order valence-corrected chi connectivity index (χ4v) is 1.40. The number of hydrogen-bond acceptors (Lipinski definition) is 4. The van der Waals surface area contributed by atoms with Crippen molar-refractivity contribution >= 4 is 16.9 Å². The number of allylic oxidation sites excluding steroid dienone is 1. The molecule has 16 heavy (non-hydrogen) atoms. The van der Waals surface area contributed by atoms with Gasteiger partial charge in [-0.3, -0.25) is 4.79 Å². The highest BCUT2D eigenvalue weighted by molar-refractivity contribution is 5.95. The van der Waals surface area contributed by atoms with Crippen LogP contribution in [-0.4, -0.2) is 27.5 Å². The van der Waals surface area contributed by atoms with E-state index in [0.29, 0.717) is 23.4 Å². The van der Waals surface area contributed by atoms with Gasteiger partial charge in [0.25, 0.3) is 5.91 Å². The molecule has 0 saturated heterocycles. The summed E-state index contributed by atoms with van der Waals surface area (Å²) < 4.78 is 6.54. The van der Waals surface area contributed by atoms with Crippen LogP contribution in [0.15, 0.2) is 30.9 Å². The molecule has 0 amide bonds. The molecule has 1 heterocycles. The van der Waals surface area contributed by atoms with Gasteiger partial charge in [0.15, 0.2) is 0 Å². The van der Waals surface area contributed by atoms with Gasteiger partial charge in [0.1, 0.15) is 16.8 Å². The first-order valence-electron chi connectivity index (χ1n) is 4.91. The molecule has 0 bridgehead atoms. The first-order chi connectivity index (χ1) is 7.76. The van der Waals surface area contributed by atoms with Crippen molar-refractivity contribution in [3.63, 3.8) is 0 Å². The molecule has 1 aromatic carbocycles. The van der Waals surface area contributed by atoms with E-state index >= 15 is 0 Å². The highest BCUT2D eigenvalue weighted by Crippen LogP contribution is 2.18. The van der Waals surface area contributed by atoms with Gasteiger partial charge in [0.05, 0.1) is 6.61 Å². The van der Waals surface area contributed by atoms with Crippen molar-refractivity contribution in [2.24, 2.45) is 0 Å². The summed E-state index contributed by atoms with van der Waals surface area (Å²) in [5, 5.41) is 7.64. The Morgan fingerprint density at radius 1 is 1.62 bits per heavy atom. The SMILES string of the molecule is C=CC(=O)n1nnc2ccc(OCC)cc21. The van der Waals surface area contributed by atoms with Crippen molar-refractivity contribution in [1.82, 2.24) is 15.0 Å². The van der Waals surface area contributed by atoms with Crippen molar-refractivity contribution in [3.05, 3.63) is 30.9 Å². The summed E-state index contributed by atoms with van der Waals surface area (Å²) in [6.07, 6.45) is 1.20. The highest BCUT2D eigenvalue weighted by atomic mass is 16.5. The molecule has 2 aromatic rings. The number of aromatic nitrogens is 3. The lowest BCUT2D eigenvalue weighted by Gasteiger charge is -2.02. The second-order valence-corrected chi connectivity index (χ2v) is 3.13. The average Bonchev–Trinajstić information content (AvgIpc) is 2.71. The predicted octanol–water partition coefficient (Wildman–Crippen LogP) is 1.66. The van der Waals surface area contributed by atoms with E-state index in [1.54, 1.807) is 18.2 Å². The van der Waals surface area contributed by atoms with Crippen LogP contribution in [0.2, 0.25) is 0 Å². The lowest BCUT2D eigenvalue weighted by atomic mass is 10.3. The zero-order valence-electron chi connectivity index (χ0n) is 8.88. The fourth-order valence-electron chi connectivity index (χ4n) is 1.40. The Bertz CT molecular complexity index is 545. The molecule has 5 nitrogen and oxygen atoms in total. The van der Waals surface area contributed by atoms with E-state index in [9.17, 15) is 4.79 Å². The maximum atomic E-state index is 11.5. The lowest BCUT2D eigenvalue weighted by molar-refractivity contribution is 0.0957. The molecule has 0 spiro atoms. The molecular weight excluding hydrogens is 206 g/mol. The molecule has 82 valence electrons. The van der Waals surface area contributed by atoms with Gasteiger partial charge in [0.2, 0.25) is 0 Å². The van der Waals surface area contributed by atoms with E-state index in [0.717, 1.165) is 0 Å². The number of benzene rings is 1. The van der Waals surface area contributed by atoms with E-state index in [1.165, 1.54) is 10.8 Å². The molecule has 5 heteroatoms. The number of carbonyl (C=O) groups is 1. The van der Waals surface area contributed by atoms with Crippen LogP contribution in [0.3, 0.4) is 0 Å². The summed E-state index contributed by atoms with van der Waals surface area (Å²) in [6.45, 7) is 5.88. The molecular formula is C11H11N3O2. The van der Waals surface area contributed by atoms with Gasteiger partial charge in [-0.15, -0.1) is 5.10 Å². The number of fused-ring (bicyclic) bond motifs is 1. The summed E-state index contributed by atoms with van der Waals surface area (Å²) in [5.74, 6) is 0.381. The van der Waals surface area contributed by atoms with Crippen molar-refractivity contribution in [1.29, 1.82) is 0 Å². The van der Waals surface area contributed by atoms with Crippen LogP contribution in [0.1, 0.15) is 11.7 Å². The Labute approximate surface area is 92.3 Å². The standard InChI is InChI=1S/C11H11N3O2/c1-3-11(15)14-10-7-8(16-4-2)5-6-9(10)12-13-14/h3,5-7H,1,4H2,2H3. The number of ether oxygens (including phenoxy) is 1. The Balaban J connectivity index is 2.55. The van der Waals surface area contributed by atoms with Gasteiger partial charge in [-0.1, -0.05) is 11.8 Å². The Morgan fingerprint density at radius 2 is 2.44 bits per heavy atom.